The number of carbonyl (C=O) groups is 10. The minimum Gasteiger partial charge on any atom is -0.381 e. The maximum absolute atomic E-state index is 15.5. The van der Waals surface area contributed by atoms with Crippen LogP contribution in [0.1, 0.15) is 113 Å². The summed E-state index contributed by atoms with van der Waals surface area (Å²) in [5.74, 6) is -7.58. The standard InChI is InChI=1S/C49H80N10O11/c1-11-56-26-38(60)51-33(22-28(2)3)46(66)55(10)41-40(42(62)50-31(8)44(64)58-18-12-14-36(58)48(56)68)54(9)45(65)34(23-29(4)5)52-39(61)27-57(25-32-16-20-70-21-17-32)49(69)37-15-13-19-59(37)47(67)35(24-30(6)7)53-43(41)63/h28-37,40-41H,11-27H2,1-10H3,(H,50,62)(H,51,60)(H,52,61)(H,53,63)/t31-,33-,34-,35-,36+,37+,40?,41-/m0/s1. The topological polar surface area (TPSA) is 247 Å². The summed E-state index contributed by atoms with van der Waals surface area (Å²) >= 11 is 0. The monoisotopic (exact) mass is 985 g/mol. The van der Waals surface area contributed by atoms with Crippen LogP contribution in [0.5, 0.6) is 0 Å². The number of nitrogens with zero attached hydrogens (tertiary/aromatic N) is 6. The van der Waals surface area contributed by atoms with Gasteiger partial charge >= 0.3 is 0 Å². The van der Waals surface area contributed by atoms with Crippen LogP contribution in [-0.2, 0) is 52.7 Å². The first-order chi connectivity index (χ1) is 33.0. The molecule has 0 radical (unpaired) electrons. The highest BCUT2D eigenvalue weighted by Gasteiger charge is 2.49. The Morgan fingerprint density at radius 2 is 0.943 bits per heavy atom. The Bertz CT molecular complexity index is 1960. The zero-order chi connectivity index (χ0) is 51.7. The molecular weight excluding hydrogens is 905 g/mol. The number of hydrogen-bond acceptors (Lipinski definition) is 11. The molecule has 70 heavy (non-hydrogen) atoms. The van der Waals surface area contributed by atoms with Gasteiger partial charge in [0, 0.05) is 53.5 Å². The summed E-state index contributed by atoms with van der Waals surface area (Å²) in [6.07, 6.45) is 3.11. The summed E-state index contributed by atoms with van der Waals surface area (Å²) in [4.78, 5) is 155. The molecule has 0 spiro atoms. The second kappa shape index (κ2) is 24.7. The molecule has 5 saturated heterocycles. The fourth-order valence-electron chi connectivity index (χ4n) is 10.6. The van der Waals surface area contributed by atoms with E-state index in [9.17, 15) is 28.8 Å². The van der Waals surface area contributed by atoms with Gasteiger partial charge in [0.2, 0.25) is 59.1 Å². The van der Waals surface area contributed by atoms with Crippen molar-refractivity contribution in [2.45, 2.75) is 162 Å². The lowest BCUT2D eigenvalue weighted by Gasteiger charge is -2.41. The number of nitrogens with one attached hydrogen (secondary N) is 4. The number of hydrogen-bond donors (Lipinski definition) is 4. The van der Waals surface area contributed by atoms with Gasteiger partial charge in [0.25, 0.3) is 0 Å². The molecule has 0 aromatic rings. The largest absolute Gasteiger partial charge is 0.381 e. The lowest BCUT2D eigenvalue weighted by molar-refractivity contribution is -0.155. The maximum Gasteiger partial charge on any atom is 0.246 e. The van der Waals surface area contributed by atoms with Crippen LogP contribution in [0.2, 0.25) is 0 Å². The first-order valence-corrected chi connectivity index (χ1v) is 25.5. The molecule has 4 N–H and O–H groups in total. The third-order valence-corrected chi connectivity index (χ3v) is 14.2. The van der Waals surface area contributed by atoms with Crippen molar-refractivity contribution >= 4 is 59.1 Å². The van der Waals surface area contributed by atoms with E-state index in [1.54, 1.807) is 6.92 Å². The predicted octanol–water partition coefficient (Wildman–Crippen LogP) is -0.149. The molecule has 392 valence electrons. The molecule has 21 nitrogen and oxygen atoms in total. The smallest absolute Gasteiger partial charge is 0.246 e. The molecule has 0 aromatic heterocycles. The highest BCUT2D eigenvalue weighted by Crippen LogP contribution is 2.27. The van der Waals surface area contributed by atoms with E-state index in [4.69, 9.17) is 4.74 Å². The van der Waals surface area contributed by atoms with E-state index in [0.29, 0.717) is 51.7 Å². The molecule has 8 atom stereocenters. The van der Waals surface area contributed by atoms with Crippen LogP contribution in [0.25, 0.3) is 0 Å². The van der Waals surface area contributed by atoms with E-state index >= 15 is 19.2 Å². The van der Waals surface area contributed by atoms with E-state index in [0.717, 1.165) is 9.80 Å². The van der Waals surface area contributed by atoms with E-state index in [1.807, 2.05) is 41.5 Å². The van der Waals surface area contributed by atoms with Gasteiger partial charge < -0.3 is 55.4 Å². The summed E-state index contributed by atoms with van der Waals surface area (Å²) in [6, 6.07) is -10.9. The lowest BCUT2D eigenvalue weighted by atomic mass is 9.95. The third-order valence-electron chi connectivity index (χ3n) is 14.2. The Labute approximate surface area is 413 Å². The number of carbonyl (C=O) groups excluding carboxylic acids is 10. The average Bonchev–Trinajstić information content (AvgIpc) is 4.00. The molecule has 10 amide bonds. The minimum atomic E-state index is -1.91. The summed E-state index contributed by atoms with van der Waals surface area (Å²) in [5, 5.41) is 11.2. The highest BCUT2D eigenvalue weighted by atomic mass is 16.5. The Balaban J connectivity index is 1.71. The zero-order valence-corrected chi connectivity index (χ0v) is 43.1. The summed E-state index contributed by atoms with van der Waals surface area (Å²) in [5.41, 5.74) is 0. The van der Waals surface area contributed by atoms with Gasteiger partial charge in [-0.3, -0.25) is 47.9 Å². The summed E-state index contributed by atoms with van der Waals surface area (Å²) in [6.45, 7) is 15.0. The molecule has 5 heterocycles. The van der Waals surface area contributed by atoms with Crippen LogP contribution in [0, 0.1) is 23.7 Å². The molecule has 0 saturated carbocycles. The summed E-state index contributed by atoms with van der Waals surface area (Å²) in [7, 11) is 2.54. The second-order valence-corrected chi connectivity index (χ2v) is 21.2. The Hall–Kier alpha value is -5.34. The van der Waals surface area contributed by atoms with Crippen molar-refractivity contribution in [3.05, 3.63) is 0 Å². The van der Waals surface area contributed by atoms with Crippen LogP contribution in [0.3, 0.4) is 0 Å². The van der Waals surface area contributed by atoms with Crippen LogP contribution in [0.4, 0.5) is 0 Å². The van der Waals surface area contributed by atoms with Crippen LogP contribution in [0.15, 0.2) is 0 Å². The molecular formula is C49H80N10O11. The number of ether oxygens (including phenoxy) is 1. The molecule has 0 bridgehead atoms. The fraction of sp³-hybridized carbons (Fsp3) is 0.796. The maximum atomic E-state index is 15.5. The van der Waals surface area contributed by atoms with Crippen LogP contribution in [-0.4, -0.2) is 203 Å². The first kappa shape index (κ1) is 55.6. The van der Waals surface area contributed by atoms with E-state index in [-0.39, 0.29) is 69.1 Å². The highest BCUT2D eigenvalue weighted by molar-refractivity contribution is 6.03. The van der Waals surface area contributed by atoms with Crippen molar-refractivity contribution in [3.63, 3.8) is 0 Å². The van der Waals surface area contributed by atoms with Gasteiger partial charge in [-0.15, -0.1) is 0 Å². The van der Waals surface area contributed by atoms with Crippen molar-refractivity contribution in [2.24, 2.45) is 23.7 Å². The first-order valence-electron chi connectivity index (χ1n) is 25.5. The third kappa shape index (κ3) is 13.5. The fourth-order valence-corrected chi connectivity index (χ4v) is 10.6. The lowest BCUT2D eigenvalue weighted by Crippen LogP contribution is -2.69. The molecule has 21 heteroatoms. The van der Waals surface area contributed by atoms with Crippen LogP contribution >= 0.6 is 0 Å². The van der Waals surface area contributed by atoms with Crippen molar-refractivity contribution < 1.29 is 52.7 Å². The molecule has 5 aliphatic rings. The molecule has 1 unspecified atom stereocenters. The Kier molecular flexibility index (Phi) is 19.6. The second-order valence-electron chi connectivity index (χ2n) is 21.2. The van der Waals surface area contributed by atoms with Gasteiger partial charge in [-0.2, -0.15) is 0 Å². The number of fused-ring (bicyclic) bond motifs is 3. The number of likely N-dealkylation sites (N-methyl/N-ethyl adjacent to an activating group) is 3. The van der Waals surface area contributed by atoms with Gasteiger partial charge in [0.05, 0.1) is 13.1 Å². The minimum absolute atomic E-state index is 0.0122. The SMILES string of the molecule is CCN1CC(=O)N[C@@H](CC(C)C)C(=O)N(C)[C@@H]2C(=O)N[C@@H](CC(C)C)C(=O)N3CCC[C@@H]3C(=O)N(CC3CCOCC3)CC(=O)N[C@@H](CC(C)C)C(=O)N(C)C2C(=O)N[C@@H](C)C(=O)N2CCC[C@@H]2C1=O. The average molecular weight is 985 g/mol. The number of amides is 10. The quantitative estimate of drug-likeness (QED) is 0.237. The molecule has 5 fully saturated rings. The van der Waals surface area contributed by atoms with Crippen molar-refractivity contribution in [1.82, 2.24) is 50.7 Å². The van der Waals surface area contributed by atoms with Crippen molar-refractivity contribution in [1.29, 1.82) is 0 Å². The molecule has 5 aliphatic heterocycles. The van der Waals surface area contributed by atoms with Gasteiger partial charge in [0.15, 0.2) is 0 Å². The number of rotatable bonds is 9. The van der Waals surface area contributed by atoms with Gasteiger partial charge in [-0.25, -0.2) is 0 Å². The van der Waals surface area contributed by atoms with Gasteiger partial charge in [-0.1, -0.05) is 41.5 Å². The zero-order valence-electron chi connectivity index (χ0n) is 43.1. The van der Waals surface area contributed by atoms with Gasteiger partial charge in [0.1, 0.15) is 48.3 Å². The van der Waals surface area contributed by atoms with E-state index < -0.39 is 120 Å². The molecule has 0 aliphatic carbocycles. The van der Waals surface area contributed by atoms with Crippen molar-refractivity contribution in [2.75, 3.05) is 66.6 Å². The Morgan fingerprint density at radius 3 is 1.40 bits per heavy atom. The molecule has 5 rings (SSSR count). The molecule has 0 aromatic carbocycles. The predicted molar refractivity (Wildman–Crippen MR) is 257 cm³/mol. The normalized spacial score (nSPS) is 29.4. The van der Waals surface area contributed by atoms with Gasteiger partial charge in [-0.05, 0) is 95.3 Å². The van der Waals surface area contributed by atoms with E-state index in [1.165, 1.54) is 40.6 Å². The van der Waals surface area contributed by atoms with Crippen LogP contribution < -0.4 is 21.3 Å². The Morgan fingerprint density at radius 1 is 0.529 bits per heavy atom. The summed E-state index contributed by atoms with van der Waals surface area (Å²) < 4.78 is 5.57. The van der Waals surface area contributed by atoms with Crippen molar-refractivity contribution in [3.8, 4) is 0 Å². The van der Waals surface area contributed by atoms with E-state index in [2.05, 4.69) is 21.3 Å².